The Balaban J connectivity index is 1.69. The number of rotatable bonds is 5. The predicted molar refractivity (Wildman–Crippen MR) is 90.9 cm³/mol. The Kier molecular flexibility index (Phi) is 4.63. The van der Waals surface area contributed by atoms with Crippen LogP contribution in [0.15, 0.2) is 48.5 Å². The zero-order valence-electron chi connectivity index (χ0n) is 13.5. The van der Waals surface area contributed by atoms with Crippen LogP contribution < -0.4 is 10.1 Å². The number of ether oxygens (including phenoxy) is 1. The predicted octanol–water partition coefficient (Wildman–Crippen LogP) is 3.33. The van der Waals surface area contributed by atoms with Crippen molar-refractivity contribution in [2.24, 2.45) is 0 Å². The normalized spacial score (nSPS) is 19.9. The van der Waals surface area contributed by atoms with E-state index < -0.39 is 23.3 Å². The van der Waals surface area contributed by atoms with Gasteiger partial charge in [-0.1, -0.05) is 35.9 Å². The van der Waals surface area contributed by atoms with Crippen molar-refractivity contribution in [1.29, 1.82) is 0 Å². The van der Waals surface area contributed by atoms with E-state index in [4.69, 9.17) is 16.3 Å². The smallest absolute Gasteiger partial charge is 0.325 e. The second kappa shape index (κ2) is 6.72. The molecule has 0 radical (unpaired) electrons. The zero-order valence-corrected chi connectivity index (χ0v) is 14.2. The fourth-order valence-electron chi connectivity index (χ4n) is 2.69. The van der Waals surface area contributed by atoms with Crippen molar-refractivity contribution in [2.75, 3.05) is 13.2 Å². The number of nitrogens with zero attached hydrogens (tertiary/aromatic N) is 1. The Labute approximate surface area is 149 Å². The standard InChI is InChI=1S/C18H16ClFN2O3/c1-18(12-6-8-13(20)9-7-12)16(23)22(17(24)21-18)10-11-25-15-5-3-2-4-14(15)19/h2-9H,10-11H2,1H3,(H,21,24). The van der Waals surface area contributed by atoms with Crippen LogP contribution in [0.5, 0.6) is 5.75 Å². The molecule has 2 aromatic rings. The molecule has 5 nitrogen and oxygen atoms in total. The average Bonchev–Trinajstić information content (AvgIpc) is 2.81. The van der Waals surface area contributed by atoms with Gasteiger partial charge in [0.25, 0.3) is 5.91 Å². The highest BCUT2D eigenvalue weighted by atomic mass is 35.5. The van der Waals surface area contributed by atoms with Crippen molar-refractivity contribution in [2.45, 2.75) is 12.5 Å². The van der Waals surface area contributed by atoms with Crippen molar-refractivity contribution in [3.05, 3.63) is 64.9 Å². The third-order valence-corrected chi connectivity index (χ3v) is 4.42. The van der Waals surface area contributed by atoms with Crippen LogP contribution in [0.2, 0.25) is 5.02 Å². The van der Waals surface area contributed by atoms with Gasteiger partial charge in [0.15, 0.2) is 0 Å². The molecule has 0 aromatic heterocycles. The van der Waals surface area contributed by atoms with Crippen molar-refractivity contribution in [3.8, 4) is 5.75 Å². The number of halogens is 2. The van der Waals surface area contributed by atoms with E-state index in [-0.39, 0.29) is 13.2 Å². The molecule has 0 saturated carbocycles. The molecule has 0 aliphatic carbocycles. The molecule has 1 aliphatic rings. The lowest BCUT2D eigenvalue weighted by Gasteiger charge is -2.22. The molecule has 1 saturated heterocycles. The summed E-state index contributed by atoms with van der Waals surface area (Å²) in [6.45, 7) is 1.78. The summed E-state index contributed by atoms with van der Waals surface area (Å²) in [7, 11) is 0. The highest BCUT2D eigenvalue weighted by molar-refractivity contribution is 6.32. The Bertz CT molecular complexity index is 812. The third kappa shape index (κ3) is 3.30. The fourth-order valence-corrected chi connectivity index (χ4v) is 2.88. The zero-order chi connectivity index (χ0) is 18.0. The third-order valence-electron chi connectivity index (χ3n) is 4.11. The molecular formula is C18H16ClFN2O3. The van der Waals surface area contributed by atoms with Crippen molar-refractivity contribution in [3.63, 3.8) is 0 Å². The number of hydrogen-bond donors (Lipinski definition) is 1. The van der Waals surface area contributed by atoms with E-state index in [1.165, 1.54) is 24.3 Å². The van der Waals surface area contributed by atoms with Gasteiger partial charge in [0, 0.05) is 0 Å². The van der Waals surface area contributed by atoms with Gasteiger partial charge in [-0.2, -0.15) is 0 Å². The molecule has 2 aromatic carbocycles. The molecule has 3 rings (SSSR count). The van der Waals surface area contributed by atoms with Gasteiger partial charge >= 0.3 is 6.03 Å². The number of benzene rings is 2. The number of urea groups is 1. The van der Waals surface area contributed by atoms with Crippen LogP contribution in [0.1, 0.15) is 12.5 Å². The number of carbonyl (C=O) groups excluding carboxylic acids is 2. The number of amides is 3. The second-order valence-corrected chi connectivity index (χ2v) is 6.20. The summed E-state index contributed by atoms with van der Waals surface area (Å²) in [5.41, 5.74) is -0.711. The van der Waals surface area contributed by atoms with Crippen molar-refractivity contribution >= 4 is 23.5 Å². The second-order valence-electron chi connectivity index (χ2n) is 5.80. The molecule has 130 valence electrons. The fraction of sp³-hybridized carbons (Fsp3) is 0.222. The van der Waals surface area contributed by atoms with Crippen molar-refractivity contribution < 1.29 is 18.7 Å². The minimum atomic E-state index is -1.23. The Hall–Kier alpha value is -2.60. The van der Waals surface area contributed by atoms with Crippen LogP contribution in [0, 0.1) is 5.82 Å². The van der Waals surface area contributed by atoms with Gasteiger partial charge in [0.2, 0.25) is 0 Å². The van der Waals surface area contributed by atoms with Crippen LogP contribution in [0.3, 0.4) is 0 Å². The average molecular weight is 363 g/mol. The first-order valence-corrected chi connectivity index (χ1v) is 8.07. The van der Waals surface area contributed by atoms with E-state index in [2.05, 4.69) is 5.32 Å². The van der Waals surface area contributed by atoms with Gasteiger partial charge in [-0.3, -0.25) is 9.69 Å². The summed E-state index contributed by atoms with van der Waals surface area (Å²) in [4.78, 5) is 26.0. The Morgan fingerprint density at radius 3 is 2.52 bits per heavy atom. The number of para-hydroxylation sites is 1. The van der Waals surface area contributed by atoms with E-state index in [0.717, 1.165) is 4.90 Å². The first kappa shape index (κ1) is 17.2. The van der Waals surface area contributed by atoms with Gasteiger partial charge in [-0.25, -0.2) is 9.18 Å². The van der Waals surface area contributed by atoms with Gasteiger partial charge in [0.1, 0.15) is 23.7 Å². The van der Waals surface area contributed by atoms with Crippen LogP contribution in [-0.4, -0.2) is 30.0 Å². The summed E-state index contributed by atoms with van der Waals surface area (Å²) in [5.74, 6) is -0.335. The molecule has 1 N–H and O–H groups in total. The van der Waals surface area contributed by atoms with Crippen molar-refractivity contribution in [1.82, 2.24) is 10.2 Å². The maximum absolute atomic E-state index is 13.1. The highest BCUT2D eigenvalue weighted by Crippen LogP contribution is 2.29. The molecule has 1 aliphatic heterocycles. The Morgan fingerprint density at radius 2 is 1.84 bits per heavy atom. The quantitative estimate of drug-likeness (QED) is 0.830. The summed E-state index contributed by atoms with van der Waals surface area (Å²) in [5, 5.41) is 3.11. The molecule has 1 unspecified atom stereocenters. The minimum Gasteiger partial charge on any atom is -0.490 e. The van der Waals surface area contributed by atoms with Crippen LogP contribution >= 0.6 is 11.6 Å². The molecule has 0 bridgehead atoms. The summed E-state index contributed by atoms with van der Waals surface area (Å²) in [6.07, 6.45) is 0. The summed E-state index contributed by atoms with van der Waals surface area (Å²) < 4.78 is 18.6. The number of nitrogens with one attached hydrogen (secondary N) is 1. The minimum absolute atomic E-state index is 0.0761. The molecule has 3 amide bonds. The maximum atomic E-state index is 13.1. The number of imide groups is 1. The largest absolute Gasteiger partial charge is 0.490 e. The first-order chi connectivity index (χ1) is 11.9. The first-order valence-electron chi connectivity index (χ1n) is 7.69. The van der Waals surface area contributed by atoms with Crippen LogP contribution in [0.4, 0.5) is 9.18 Å². The summed E-state index contributed by atoms with van der Waals surface area (Å²) in [6, 6.07) is 11.9. The van der Waals surface area contributed by atoms with Gasteiger partial charge in [-0.05, 0) is 36.8 Å². The van der Waals surface area contributed by atoms with E-state index in [1.54, 1.807) is 31.2 Å². The molecule has 25 heavy (non-hydrogen) atoms. The topological polar surface area (TPSA) is 58.6 Å². The molecule has 1 heterocycles. The Morgan fingerprint density at radius 1 is 1.16 bits per heavy atom. The van der Waals surface area contributed by atoms with Crippen LogP contribution in [0.25, 0.3) is 0 Å². The van der Waals surface area contributed by atoms with Gasteiger partial charge in [0.05, 0.1) is 11.6 Å². The molecule has 0 spiro atoms. The SMILES string of the molecule is CC1(c2ccc(F)cc2)NC(=O)N(CCOc2ccccc2Cl)C1=O. The van der Waals surface area contributed by atoms with E-state index in [9.17, 15) is 14.0 Å². The van der Waals surface area contributed by atoms with E-state index in [1.807, 2.05) is 0 Å². The number of carbonyl (C=O) groups is 2. The van der Waals surface area contributed by atoms with E-state index >= 15 is 0 Å². The van der Waals surface area contributed by atoms with E-state index in [0.29, 0.717) is 16.3 Å². The molecule has 7 heteroatoms. The van der Waals surface area contributed by atoms with Gasteiger partial charge in [-0.15, -0.1) is 0 Å². The van der Waals surface area contributed by atoms with Gasteiger partial charge < -0.3 is 10.1 Å². The summed E-state index contributed by atoms with van der Waals surface area (Å²) >= 11 is 6.00. The monoisotopic (exact) mass is 362 g/mol. The molecule has 1 atom stereocenters. The lowest BCUT2D eigenvalue weighted by Crippen LogP contribution is -2.41. The lowest BCUT2D eigenvalue weighted by atomic mass is 9.92. The highest BCUT2D eigenvalue weighted by Gasteiger charge is 2.48. The molecule has 1 fully saturated rings. The maximum Gasteiger partial charge on any atom is 0.325 e. The molecular weight excluding hydrogens is 347 g/mol. The van der Waals surface area contributed by atoms with Crippen LogP contribution in [-0.2, 0) is 10.3 Å². The number of hydrogen-bond acceptors (Lipinski definition) is 3. The lowest BCUT2D eigenvalue weighted by molar-refractivity contribution is -0.131.